The number of unbranched alkanes of at least 4 members (excludes halogenated alkanes) is 4. The summed E-state index contributed by atoms with van der Waals surface area (Å²) in [4.78, 5) is 0. The molecule has 3 N–H and O–H groups in total. The standard InChI is InChI=1S/C17H40N2S2/c1-5-9-13-21(14-10-6-2,15-11-7-3,16-12-8-4)19-17(18)20/h21H,5-16H2,1-4H3,(H3,18,19,20). The number of nitrogens with one attached hydrogen (secondary N) is 1. The summed E-state index contributed by atoms with van der Waals surface area (Å²) in [5, 5.41) is 0.548. The highest BCUT2D eigenvalue weighted by molar-refractivity contribution is 8.48. The second-order valence-corrected chi connectivity index (χ2v) is 13.2. The predicted molar refractivity (Wildman–Crippen MR) is 108 cm³/mol. The zero-order chi connectivity index (χ0) is 16.2. The van der Waals surface area contributed by atoms with E-state index in [1.807, 2.05) is 0 Å². The Hall–Kier alpha value is 0.0400. The van der Waals surface area contributed by atoms with Crippen molar-refractivity contribution in [3.8, 4) is 0 Å². The smallest absolute Gasteiger partial charge is 0.171 e. The Kier molecular flexibility index (Phi) is 10.7. The third-order valence-electron chi connectivity index (χ3n) is 4.82. The first kappa shape index (κ1) is 21.0. The van der Waals surface area contributed by atoms with Crippen molar-refractivity contribution < 1.29 is 0 Å². The van der Waals surface area contributed by atoms with E-state index in [0.29, 0.717) is 5.11 Å². The zero-order valence-corrected chi connectivity index (χ0v) is 16.6. The number of thiol groups is 1. The second kappa shape index (κ2) is 10.7. The SMILES string of the molecule is CCCC[SH](CCCC)(CCCC)(CCCC)NC(N)=S. The highest BCUT2D eigenvalue weighted by atomic mass is 32.3. The van der Waals surface area contributed by atoms with E-state index >= 15 is 0 Å². The lowest BCUT2D eigenvalue weighted by Crippen LogP contribution is -2.49. The molecule has 0 aromatic heterocycles. The van der Waals surface area contributed by atoms with Gasteiger partial charge < -0.3 is 10.5 Å². The fraction of sp³-hybridized carbons (Fsp3) is 0.941. The first-order chi connectivity index (χ1) is 9.97. The number of hydrogen-bond donors (Lipinski definition) is 3. The van der Waals surface area contributed by atoms with Crippen molar-refractivity contribution in [1.29, 1.82) is 0 Å². The van der Waals surface area contributed by atoms with E-state index in [2.05, 4.69) is 32.4 Å². The number of nitrogens with two attached hydrogens (primary N) is 1. The molecular weight excluding hydrogens is 296 g/mol. The summed E-state index contributed by atoms with van der Waals surface area (Å²) in [5.41, 5.74) is 6.00. The molecule has 0 atom stereocenters. The van der Waals surface area contributed by atoms with E-state index in [1.54, 1.807) is 0 Å². The Morgan fingerprint density at radius 3 is 1.24 bits per heavy atom. The van der Waals surface area contributed by atoms with E-state index in [4.69, 9.17) is 18.0 Å². The maximum absolute atomic E-state index is 6.00. The van der Waals surface area contributed by atoms with Crippen LogP contribution in [0, 0.1) is 0 Å². The van der Waals surface area contributed by atoms with Gasteiger partial charge in [-0.2, -0.15) is 0 Å². The van der Waals surface area contributed by atoms with Gasteiger partial charge in [0.05, 0.1) is 0 Å². The van der Waals surface area contributed by atoms with Gasteiger partial charge in [-0.05, 0) is 60.9 Å². The summed E-state index contributed by atoms with van der Waals surface area (Å²) in [7, 11) is -2.00. The molecule has 0 aromatic carbocycles. The van der Waals surface area contributed by atoms with Crippen molar-refractivity contribution in [2.24, 2.45) is 5.73 Å². The van der Waals surface area contributed by atoms with E-state index < -0.39 is 9.35 Å². The quantitative estimate of drug-likeness (QED) is 0.327. The molecule has 0 amide bonds. The van der Waals surface area contributed by atoms with Gasteiger partial charge in [-0.25, -0.2) is 9.35 Å². The molecule has 0 bridgehead atoms. The molecular formula is C17H40N2S2. The van der Waals surface area contributed by atoms with Crippen LogP contribution in [0.4, 0.5) is 0 Å². The molecule has 0 aliphatic heterocycles. The summed E-state index contributed by atoms with van der Waals surface area (Å²) in [6.45, 7) is 9.19. The van der Waals surface area contributed by atoms with Gasteiger partial charge in [0.2, 0.25) is 0 Å². The molecule has 2 nitrogen and oxygen atoms in total. The molecule has 0 spiro atoms. The van der Waals surface area contributed by atoms with Crippen LogP contribution < -0.4 is 10.5 Å². The largest absolute Gasteiger partial charge is 0.376 e. The van der Waals surface area contributed by atoms with Crippen LogP contribution in [0.1, 0.15) is 79.1 Å². The van der Waals surface area contributed by atoms with Crippen molar-refractivity contribution in [3.63, 3.8) is 0 Å². The maximum Gasteiger partial charge on any atom is 0.171 e. The summed E-state index contributed by atoms with van der Waals surface area (Å²) in [6.07, 6.45) is 10.3. The topological polar surface area (TPSA) is 38.0 Å². The van der Waals surface area contributed by atoms with Crippen LogP contribution in [0.2, 0.25) is 0 Å². The normalized spacial score (nSPS) is 13.6. The lowest BCUT2D eigenvalue weighted by atomic mass is 10.4. The fourth-order valence-electron chi connectivity index (χ4n) is 3.50. The summed E-state index contributed by atoms with van der Waals surface area (Å²) >= 11 is 5.32. The molecule has 0 unspecified atom stereocenters. The van der Waals surface area contributed by atoms with Gasteiger partial charge >= 0.3 is 0 Å². The summed E-state index contributed by atoms with van der Waals surface area (Å²) in [5.74, 6) is 5.33. The minimum absolute atomic E-state index is 0.548. The van der Waals surface area contributed by atoms with Crippen LogP contribution in [-0.2, 0) is 0 Å². The Morgan fingerprint density at radius 1 is 0.762 bits per heavy atom. The maximum atomic E-state index is 6.00. The van der Waals surface area contributed by atoms with Gasteiger partial charge in [0.25, 0.3) is 0 Å². The monoisotopic (exact) mass is 336 g/mol. The molecule has 0 aromatic rings. The average molecular weight is 337 g/mol. The van der Waals surface area contributed by atoms with Gasteiger partial charge in [0.15, 0.2) is 5.11 Å². The molecule has 0 saturated heterocycles. The van der Waals surface area contributed by atoms with Gasteiger partial charge in [-0.15, -0.1) is 0 Å². The van der Waals surface area contributed by atoms with Crippen LogP contribution in [0.25, 0.3) is 0 Å². The summed E-state index contributed by atoms with van der Waals surface area (Å²) in [6, 6.07) is 0. The molecule has 0 heterocycles. The highest BCUT2D eigenvalue weighted by Gasteiger charge is 2.38. The first-order valence-electron chi connectivity index (χ1n) is 9.06. The Balaban J connectivity index is 5.50. The lowest BCUT2D eigenvalue weighted by molar-refractivity contribution is 0.808. The molecule has 130 valence electrons. The van der Waals surface area contributed by atoms with E-state index in [-0.39, 0.29) is 0 Å². The molecule has 0 fully saturated rings. The van der Waals surface area contributed by atoms with Crippen molar-refractivity contribution >= 4 is 26.7 Å². The van der Waals surface area contributed by atoms with E-state index in [0.717, 1.165) is 0 Å². The molecule has 0 aliphatic rings. The van der Waals surface area contributed by atoms with E-state index in [1.165, 1.54) is 74.4 Å². The number of rotatable bonds is 13. The Labute approximate surface area is 139 Å². The van der Waals surface area contributed by atoms with Crippen molar-refractivity contribution in [2.75, 3.05) is 23.0 Å². The van der Waals surface area contributed by atoms with E-state index in [9.17, 15) is 0 Å². The molecule has 0 aliphatic carbocycles. The van der Waals surface area contributed by atoms with Crippen LogP contribution in [0.3, 0.4) is 0 Å². The Morgan fingerprint density at radius 2 is 1.05 bits per heavy atom. The molecule has 4 heteroatoms. The average Bonchev–Trinajstić information content (AvgIpc) is 2.47. The summed E-state index contributed by atoms with van der Waals surface area (Å²) < 4.78 is 3.79. The van der Waals surface area contributed by atoms with Crippen LogP contribution in [0.5, 0.6) is 0 Å². The van der Waals surface area contributed by atoms with Crippen molar-refractivity contribution in [1.82, 2.24) is 4.72 Å². The third kappa shape index (κ3) is 7.23. The molecule has 0 saturated carbocycles. The van der Waals surface area contributed by atoms with Gasteiger partial charge in [-0.1, -0.05) is 53.4 Å². The van der Waals surface area contributed by atoms with Crippen molar-refractivity contribution in [3.05, 3.63) is 0 Å². The van der Waals surface area contributed by atoms with Gasteiger partial charge in [0.1, 0.15) is 0 Å². The first-order valence-corrected chi connectivity index (χ1v) is 12.4. The minimum atomic E-state index is -2.00. The lowest BCUT2D eigenvalue weighted by Gasteiger charge is -2.64. The number of thiocarbonyl (C=S) groups is 1. The molecule has 0 rings (SSSR count). The fourth-order valence-corrected chi connectivity index (χ4v) is 11.3. The van der Waals surface area contributed by atoms with Gasteiger partial charge in [0, 0.05) is 0 Å². The predicted octanol–water partition coefficient (Wildman–Crippen LogP) is 5.01. The third-order valence-corrected chi connectivity index (χ3v) is 11.9. The van der Waals surface area contributed by atoms with Crippen LogP contribution in [-0.4, -0.2) is 28.1 Å². The van der Waals surface area contributed by atoms with Crippen LogP contribution >= 0.6 is 21.6 Å². The molecule has 21 heavy (non-hydrogen) atoms. The minimum Gasteiger partial charge on any atom is -0.376 e. The second-order valence-electron chi connectivity index (χ2n) is 6.76. The van der Waals surface area contributed by atoms with Crippen molar-refractivity contribution in [2.45, 2.75) is 79.1 Å². The van der Waals surface area contributed by atoms with Crippen LogP contribution in [0.15, 0.2) is 0 Å². The number of hydrogen-bond acceptors (Lipinski definition) is 1. The molecule has 0 radical (unpaired) electrons. The highest BCUT2D eigenvalue weighted by Crippen LogP contribution is 2.67. The zero-order valence-electron chi connectivity index (χ0n) is 14.9. The van der Waals surface area contributed by atoms with Gasteiger partial charge in [-0.3, -0.25) is 0 Å². The Bertz CT molecular complexity index is 249.